The lowest BCUT2D eigenvalue weighted by atomic mass is 10.0. The van der Waals surface area contributed by atoms with Crippen molar-refractivity contribution < 1.29 is 18.3 Å². The van der Waals surface area contributed by atoms with E-state index in [9.17, 15) is 18.3 Å². The molecule has 1 amide bonds. The third-order valence-electron chi connectivity index (χ3n) is 4.41. The predicted molar refractivity (Wildman–Crippen MR) is 97.6 cm³/mol. The van der Waals surface area contributed by atoms with Crippen LogP contribution in [0.2, 0.25) is 0 Å². The first kappa shape index (κ1) is 20.8. The van der Waals surface area contributed by atoms with Crippen molar-refractivity contribution in [3.8, 4) is 0 Å². The van der Waals surface area contributed by atoms with Gasteiger partial charge < -0.3 is 16.2 Å². The van der Waals surface area contributed by atoms with E-state index in [-0.39, 0.29) is 29.9 Å². The highest BCUT2D eigenvalue weighted by Crippen LogP contribution is 2.19. The van der Waals surface area contributed by atoms with E-state index >= 15 is 0 Å². The highest BCUT2D eigenvalue weighted by molar-refractivity contribution is 7.89. The standard InChI is InChI=1S/C17H28N4O4S/c1-12(2)10-13(18)17(23)20-14-6-5-9-21(11-15(14)22)26(24,25)16-7-3-4-8-19-16/h3-4,7-8,12-15,22H,5-6,9-11,18H2,1-2H3,(H,20,23)/t13?,14?,15-/m0/s1. The van der Waals surface area contributed by atoms with Gasteiger partial charge in [-0.15, -0.1) is 0 Å². The first-order valence-corrected chi connectivity index (χ1v) is 10.3. The molecule has 1 fully saturated rings. The van der Waals surface area contributed by atoms with Crippen molar-refractivity contribution >= 4 is 15.9 Å². The van der Waals surface area contributed by atoms with Crippen LogP contribution >= 0.6 is 0 Å². The number of aliphatic hydroxyl groups is 1. The molecule has 2 unspecified atom stereocenters. The number of amides is 1. The van der Waals surface area contributed by atoms with Gasteiger partial charge >= 0.3 is 0 Å². The molecule has 1 saturated heterocycles. The summed E-state index contributed by atoms with van der Waals surface area (Å²) in [5.41, 5.74) is 5.88. The minimum atomic E-state index is -3.78. The average molecular weight is 385 g/mol. The molecular weight excluding hydrogens is 356 g/mol. The van der Waals surface area contributed by atoms with Crippen molar-refractivity contribution in [1.82, 2.24) is 14.6 Å². The second-order valence-electron chi connectivity index (χ2n) is 7.09. The van der Waals surface area contributed by atoms with Crippen LogP contribution in [0.3, 0.4) is 0 Å². The number of nitrogens with one attached hydrogen (secondary N) is 1. The van der Waals surface area contributed by atoms with Gasteiger partial charge in [0.25, 0.3) is 10.0 Å². The molecule has 1 aromatic rings. The zero-order chi connectivity index (χ0) is 19.3. The Labute approximate surface area is 154 Å². The molecule has 146 valence electrons. The Balaban J connectivity index is 2.04. The third-order valence-corrected chi connectivity index (χ3v) is 6.19. The predicted octanol–water partition coefficient (Wildman–Crippen LogP) is 0.0852. The Morgan fingerprint density at radius 2 is 2.19 bits per heavy atom. The Hall–Kier alpha value is -1.55. The molecule has 0 saturated carbocycles. The van der Waals surface area contributed by atoms with Crippen LogP contribution in [-0.2, 0) is 14.8 Å². The minimum Gasteiger partial charge on any atom is -0.390 e. The van der Waals surface area contributed by atoms with Gasteiger partial charge in [-0.25, -0.2) is 13.4 Å². The molecule has 8 nitrogen and oxygen atoms in total. The summed E-state index contributed by atoms with van der Waals surface area (Å²) in [4.78, 5) is 16.1. The zero-order valence-corrected chi connectivity index (χ0v) is 16.0. The molecule has 0 radical (unpaired) electrons. The average Bonchev–Trinajstić information content (AvgIpc) is 2.77. The summed E-state index contributed by atoms with van der Waals surface area (Å²) in [6, 6.07) is 3.51. The van der Waals surface area contributed by atoms with Gasteiger partial charge in [0.15, 0.2) is 5.03 Å². The maximum absolute atomic E-state index is 12.7. The maximum Gasteiger partial charge on any atom is 0.260 e. The molecule has 1 aliphatic heterocycles. The number of rotatable bonds is 6. The summed E-state index contributed by atoms with van der Waals surface area (Å²) >= 11 is 0. The van der Waals surface area contributed by atoms with Gasteiger partial charge in [-0.1, -0.05) is 19.9 Å². The lowest BCUT2D eigenvalue weighted by molar-refractivity contribution is -0.124. The van der Waals surface area contributed by atoms with Crippen molar-refractivity contribution in [2.24, 2.45) is 11.7 Å². The highest BCUT2D eigenvalue weighted by Gasteiger charge is 2.34. The van der Waals surface area contributed by atoms with E-state index in [0.29, 0.717) is 19.3 Å². The number of carbonyl (C=O) groups excluding carboxylic acids is 1. The number of hydrogen-bond acceptors (Lipinski definition) is 6. The van der Waals surface area contributed by atoms with Crippen LogP contribution in [-0.4, -0.2) is 60.0 Å². The largest absolute Gasteiger partial charge is 0.390 e. The SMILES string of the molecule is CC(C)CC(N)C(=O)NC1CCCN(S(=O)(=O)c2ccccn2)C[C@@H]1O. The van der Waals surface area contributed by atoms with Gasteiger partial charge in [-0.3, -0.25) is 4.79 Å². The zero-order valence-electron chi connectivity index (χ0n) is 15.2. The number of sulfonamides is 1. The monoisotopic (exact) mass is 384 g/mol. The molecule has 1 aliphatic rings. The number of aromatic nitrogens is 1. The van der Waals surface area contributed by atoms with E-state index in [1.807, 2.05) is 13.8 Å². The van der Waals surface area contributed by atoms with Gasteiger partial charge in [-0.2, -0.15) is 4.31 Å². The van der Waals surface area contributed by atoms with Crippen LogP contribution in [0.1, 0.15) is 33.1 Å². The van der Waals surface area contributed by atoms with Gasteiger partial charge in [0.1, 0.15) is 0 Å². The summed E-state index contributed by atoms with van der Waals surface area (Å²) in [6.07, 6.45) is 1.96. The van der Waals surface area contributed by atoms with Crippen LogP contribution in [0.4, 0.5) is 0 Å². The van der Waals surface area contributed by atoms with Gasteiger partial charge in [0.05, 0.1) is 18.2 Å². The van der Waals surface area contributed by atoms with Crippen LogP contribution in [0.25, 0.3) is 0 Å². The van der Waals surface area contributed by atoms with Crippen molar-refractivity contribution in [2.45, 2.75) is 56.3 Å². The van der Waals surface area contributed by atoms with E-state index in [0.717, 1.165) is 0 Å². The number of pyridine rings is 1. The van der Waals surface area contributed by atoms with Crippen molar-refractivity contribution in [2.75, 3.05) is 13.1 Å². The number of β-amino-alcohol motifs (C(OH)–C–C–N with tert-alkyl or cyclic N) is 1. The fourth-order valence-electron chi connectivity index (χ4n) is 3.03. The van der Waals surface area contributed by atoms with Gasteiger partial charge in [-0.05, 0) is 37.3 Å². The second-order valence-corrected chi connectivity index (χ2v) is 8.98. The van der Waals surface area contributed by atoms with Crippen molar-refractivity contribution in [3.05, 3.63) is 24.4 Å². The highest BCUT2D eigenvalue weighted by atomic mass is 32.2. The number of carbonyl (C=O) groups is 1. The van der Waals surface area contributed by atoms with Gasteiger partial charge in [0.2, 0.25) is 5.91 Å². The quantitative estimate of drug-likeness (QED) is 0.638. The van der Waals surface area contributed by atoms with Crippen LogP contribution in [0, 0.1) is 5.92 Å². The van der Waals surface area contributed by atoms with E-state index in [4.69, 9.17) is 5.73 Å². The smallest absolute Gasteiger partial charge is 0.260 e. The lowest BCUT2D eigenvalue weighted by Gasteiger charge is -2.26. The Morgan fingerprint density at radius 1 is 1.46 bits per heavy atom. The fourth-order valence-corrected chi connectivity index (χ4v) is 4.46. The van der Waals surface area contributed by atoms with E-state index < -0.39 is 28.2 Å². The first-order valence-electron chi connectivity index (χ1n) is 8.87. The molecule has 4 N–H and O–H groups in total. The summed E-state index contributed by atoms with van der Waals surface area (Å²) in [7, 11) is -3.78. The molecule has 1 aromatic heterocycles. The molecule has 0 spiro atoms. The number of nitrogens with zero attached hydrogens (tertiary/aromatic N) is 2. The second kappa shape index (κ2) is 8.90. The normalized spacial score (nSPS) is 23.4. The van der Waals surface area contributed by atoms with E-state index in [1.165, 1.54) is 16.6 Å². The lowest BCUT2D eigenvalue weighted by Crippen LogP contribution is -2.51. The summed E-state index contributed by atoms with van der Waals surface area (Å²) in [5, 5.41) is 13.2. The number of hydrogen-bond donors (Lipinski definition) is 3. The minimum absolute atomic E-state index is 0.0476. The van der Waals surface area contributed by atoms with Crippen molar-refractivity contribution in [3.63, 3.8) is 0 Å². The van der Waals surface area contributed by atoms with E-state index in [2.05, 4.69) is 10.3 Å². The Bertz CT molecular complexity index is 696. The molecule has 0 aromatic carbocycles. The number of aliphatic hydroxyl groups excluding tert-OH is 1. The maximum atomic E-state index is 12.7. The summed E-state index contributed by atoms with van der Waals surface area (Å²) < 4.78 is 26.6. The number of nitrogens with two attached hydrogens (primary N) is 1. The first-order chi connectivity index (χ1) is 12.2. The summed E-state index contributed by atoms with van der Waals surface area (Å²) in [5.74, 6) is -0.0300. The molecular formula is C17H28N4O4S. The third kappa shape index (κ3) is 5.23. The molecule has 26 heavy (non-hydrogen) atoms. The Morgan fingerprint density at radius 3 is 2.81 bits per heavy atom. The van der Waals surface area contributed by atoms with Crippen LogP contribution in [0.5, 0.6) is 0 Å². The molecule has 2 rings (SSSR count). The molecule has 0 aliphatic carbocycles. The fraction of sp³-hybridized carbons (Fsp3) is 0.647. The molecule has 9 heteroatoms. The summed E-state index contributed by atoms with van der Waals surface area (Å²) in [6.45, 7) is 4.13. The van der Waals surface area contributed by atoms with Crippen molar-refractivity contribution in [1.29, 1.82) is 0 Å². The molecule has 0 bridgehead atoms. The van der Waals surface area contributed by atoms with Crippen LogP contribution in [0.15, 0.2) is 29.4 Å². The molecule has 2 heterocycles. The molecule has 3 atom stereocenters. The topological polar surface area (TPSA) is 126 Å². The van der Waals surface area contributed by atoms with Gasteiger partial charge in [0, 0.05) is 19.3 Å². The van der Waals surface area contributed by atoms with E-state index in [1.54, 1.807) is 12.1 Å². The van der Waals surface area contributed by atoms with Crippen LogP contribution < -0.4 is 11.1 Å². The Kier molecular flexibility index (Phi) is 7.10.